The summed E-state index contributed by atoms with van der Waals surface area (Å²) in [5.74, 6) is -0.516. The van der Waals surface area contributed by atoms with E-state index in [4.69, 9.17) is 0 Å². The van der Waals surface area contributed by atoms with Crippen LogP contribution in [0.2, 0.25) is 0 Å². The summed E-state index contributed by atoms with van der Waals surface area (Å²) in [5, 5.41) is 21.9. The number of carbonyl (C=O) groups is 1. The number of nitrogens with one attached hydrogen (secondary N) is 1. The first kappa shape index (κ1) is 22.9. The van der Waals surface area contributed by atoms with Crippen LogP contribution in [0.25, 0.3) is 16.9 Å². The highest BCUT2D eigenvalue weighted by Gasteiger charge is 2.20. The number of amides is 1. The van der Waals surface area contributed by atoms with E-state index in [1.165, 1.54) is 46.4 Å². The number of halogens is 2. The van der Waals surface area contributed by atoms with E-state index in [0.29, 0.717) is 27.8 Å². The predicted molar refractivity (Wildman–Crippen MR) is 120 cm³/mol. The van der Waals surface area contributed by atoms with Crippen molar-refractivity contribution in [3.05, 3.63) is 74.9 Å². The SMILES string of the molecule is Cc1sc(NC(=O)c2nnn(-c3cccc([N+](=O)[O-])c3)c2C)nc1-c1ccc(OC(F)F)cc1. The minimum absolute atomic E-state index is 0.0301. The van der Waals surface area contributed by atoms with Gasteiger partial charge in [0.2, 0.25) is 0 Å². The number of carbonyl (C=O) groups excluding carboxylic acids is 1. The molecule has 13 heteroatoms. The standard InChI is InChI=1S/C21H16F2N6O4S/c1-11-17(26-27-28(11)14-4-3-5-15(10-14)29(31)32)19(30)25-21-24-18(12(2)34-21)13-6-8-16(9-7-13)33-20(22)23/h3-10,20H,1-2H3,(H,24,25,30). The van der Waals surface area contributed by atoms with Gasteiger partial charge in [0.25, 0.3) is 11.6 Å². The van der Waals surface area contributed by atoms with Crippen LogP contribution in [0, 0.1) is 24.0 Å². The van der Waals surface area contributed by atoms with Crippen LogP contribution in [-0.4, -0.2) is 37.4 Å². The molecule has 1 amide bonds. The van der Waals surface area contributed by atoms with Crippen LogP contribution in [0.15, 0.2) is 48.5 Å². The minimum Gasteiger partial charge on any atom is -0.435 e. The number of aryl methyl sites for hydroxylation is 1. The van der Waals surface area contributed by atoms with Crippen LogP contribution >= 0.6 is 11.3 Å². The number of nitrogens with zero attached hydrogens (tertiary/aromatic N) is 5. The zero-order valence-electron chi connectivity index (χ0n) is 17.7. The number of rotatable bonds is 7. The first-order valence-corrected chi connectivity index (χ1v) is 10.6. The molecular formula is C21H16F2N6O4S. The van der Waals surface area contributed by atoms with Crippen molar-refractivity contribution in [1.82, 2.24) is 20.0 Å². The molecule has 0 aliphatic carbocycles. The molecular weight excluding hydrogens is 470 g/mol. The number of hydrogen-bond donors (Lipinski definition) is 1. The quantitative estimate of drug-likeness (QED) is 0.295. The molecule has 2 aromatic heterocycles. The molecule has 4 rings (SSSR count). The molecule has 0 atom stereocenters. The van der Waals surface area contributed by atoms with E-state index in [-0.39, 0.29) is 17.1 Å². The Morgan fingerprint density at radius 3 is 2.62 bits per heavy atom. The Bertz CT molecular complexity index is 1370. The van der Waals surface area contributed by atoms with Crippen LogP contribution < -0.4 is 10.1 Å². The second kappa shape index (κ2) is 9.31. The minimum atomic E-state index is -2.91. The van der Waals surface area contributed by atoms with Crippen molar-refractivity contribution in [1.29, 1.82) is 0 Å². The third-order valence-electron chi connectivity index (χ3n) is 4.76. The van der Waals surface area contributed by atoms with Crippen molar-refractivity contribution in [3.8, 4) is 22.7 Å². The molecule has 0 radical (unpaired) electrons. The first-order chi connectivity index (χ1) is 16.2. The fourth-order valence-electron chi connectivity index (χ4n) is 3.19. The van der Waals surface area contributed by atoms with Crippen molar-refractivity contribution in [2.45, 2.75) is 20.5 Å². The van der Waals surface area contributed by atoms with Crippen LogP contribution in [0.5, 0.6) is 5.75 Å². The average Bonchev–Trinajstić information content (AvgIpc) is 3.36. The second-order valence-electron chi connectivity index (χ2n) is 6.99. The van der Waals surface area contributed by atoms with E-state index in [2.05, 4.69) is 25.3 Å². The summed E-state index contributed by atoms with van der Waals surface area (Å²) in [6.07, 6.45) is 0. The molecule has 0 saturated heterocycles. The Balaban J connectivity index is 1.53. The van der Waals surface area contributed by atoms with Gasteiger partial charge in [-0.1, -0.05) is 11.3 Å². The van der Waals surface area contributed by atoms with Gasteiger partial charge < -0.3 is 4.74 Å². The Morgan fingerprint density at radius 2 is 1.94 bits per heavy atom. The summed E-state index contributed by atoms with van der Waals surface area (Å²) in [5.41, 5.74) is 1.96. The molecule has 0 saturated carbocycles. The molecule has 10 nitrogen and oxygen atoms in total. The summed E-state index contributed by atoms with van der Waals surface area (Å²) in [6.45, 7) is 0.526. The molecule has 34 heavy (non-hydrogen) atoms. The highest BCUT2D eigenvalue weighted by molar-refractivity contribution is 7.16. The van der Waals surface area contributed by atoms with Crippen molar-refractivity contribution >= 4 is 28.1 Å². The number of non-ortho nitro benzene ring substituents is 1. The molecule has 4 aromatic rings. The number of anilines is 1. The normalized spacial score (nSPS) is 11.0. The summed E-state index contributed by atoms with van der Waals surface area (Å²) in [6, 6.07) is 11.8. The van der Waals surface area contributed by atoms with E-state index >= 15 is 0 Å². The molecule has 0 aliphatic rings. The number of ether oxygens (including phenoxy) is 1. The molecule has 174 valence electrons. The van der Waals surface area contributed by atoms with Gasteiger partial charge in [-0.2, -0.15) is 8.78 Å². The number of alkyl halides is 2. The van der Waals surface area contributed by atoms with Gasteiger partial charge in [-0.25, -0.2) is 9.67 Å². The third-order valence-corrected chi connectivity index (χ3v) is 5.65. The molecule has 0 fully saturated rings. The van der Waals surface area contributed by atoms with E-state index in [1.807, 2.05) is 6.92 Å². The topological polar surface area (TPSA) is 125 Å². The van der Waals surface area contributed by atoms with E-state index < -0.39 is 17.4 Å². The maximum absolute atomic E-state index is 12.8. The van der Waals surface area contributed by atoms with Crippen molar-refractivity contribution in [2.24, 2.45) is 0 Å². The number of benzene rings is 2. The number of hydrogen-bond acceptors (Lipinski definition) is 8. The smallest absolute Gasteiger partial charge is 0.387 e. The summed E-state index contributed by atoms with van der Waals surface area (Å²) in [4.78, 5) is 28.5. The molecule has 1 N–H and O–H groups in total. The molecule has 2 aromatic carbocycles. The van der Waals surface area contributed by atoms with Gasteiger partial charge >= 0.3 is 6.61 Å². The van der Waals surface area contributed by atoms with Gasteiger partial charge in [0, 0.05) is 22.6 Å². The molecule has 0 aliphatic heterocycles. The van der Waals surface area contributed by atoms with Gasteiger partial charge in [-0.3, -0.25) is 20.2 Å². The van der Waals surface area contributed by atoms with E-state index in [0.717, 1.165) is 4.88 Å². The zero-order chi connectivity index (χ0) is 24.4. The average molecular weight is 486 g/mol. The lowest BCUT2D eigenvalue weighted by Gasteiger charge is -2.05. The lowest BCUT2D eigenvalue weighted by Crippen LogP contribution is -2.14. The highest BCUT2D eigenvalue weighted by atomic mass is 32.1. The van der Waals surface area contributed by atoms with Gasteiger partial charge in [0.05, 0.1) is 22.0 Å². The first-order valence-electron chi connectivity index (χ1n) is 9.74. The van der Waals surface area contributed by atoms with E-state index in [1.54, 1.807) is 25.1 Å². The van der Waals surface area contributed by atoms with Crippen LogP contribution in [0.3, 0.4) is 0 Å². The number of aromatic nitrogens is 4. The fourth-order valence-corrected chi connectivity index (χ4v) is 4.02. The van der Waals surface area contributed by atoms with Crippen molar-refractivity contribution in [3.63, 3.8) is 0 Å². The predicted octanol–water partition coefficient (Wildman–Crippen LogP) is 4.77. The van der Waals surface area contributed by atoms with Gasteiger partial charge in [-0.15, -0.1) is 16.4 Å². The summed E-state index contributed by atoms with van der Waals surface area (Å²) < 4.78 is 30.4. The summed E-state index contributed by atoms with van der Waals surface area (Å²) >= 11 is 1.24. The summed E-state index contributed by atoms with van der Waals surface area (Å²) in [7, 11) is 0. The van der Waals surface area contributed by atoms with Gasteiger partial charge in [0.1, 0.15) is 5.75 Å². The van der Waals surface area contributed by atoms with Crippen molar-refractivity contribution in [2.75, 3.05) is 5.32 Å². The van der Waals surface area contributed by atoms with Crippen molar-refractivity contribution < 1.29 is 23.2 Å². The Hall–Kier alpha value is -4.26. The van der Waals surface area contributed by atoms with Gasteiger partial charge in [-0.05, 0) is 44.2 Å². The lowest BCUT2D eigenvalue weighted by molar-refractivity contribution is -0.384. The molecule has 2 heterocycles. The number of nitro benzene ring substituents is 1. The van der Waals surface area contributed by atoms with E-state index in [9.17, 15) is 23.7 Å². The zero-order valence-corrected chi connectivity index (χ0v) is 18.5. The largest absolute Gasteiger partial charge is 0.435 e. The molecule has 0 bridgehead atoms. The lowest BCUT2D eigenvalue weighted by atomic mass is 10.1. The Labute approximate surface area is 195 Å². The van der Waals surface area contributed by atoms with Crippen LogP contribution in [0.1, 0.15) is 21.1 Å². The Morgan fingerprint density at radius 1 is 1.21 bits per heavy atom. The third kappa shape index (κ3) is 4.73. The second-order valence-corrected chi connectivity index (χ2v) is 8.20. The fraction of sp³-hybridized carbons (Fsp3) is 0.143. The maximum atomic E-state index is 12.8. The maximum Gasteiger partial charge on any atom is 0.387 e. The highest BCUT2D eigenvalue weighted by Crippen LogP contribution is 2.32. The molecule has 0 spiro atoms. The monoisotopic (exact) mass is 486 g/mol. The number of thiazole rings is 1. The number of nitro groups is 1. The molecule has 0 unspecified atom stereocenters. The Kier molecular flexibility index (Phi) is 6.27. The van der Waals surface area contributed by atoms with Gasteiger partial charge in [0.15, 0.2) is 10.8 Å². The van der Waals surface area contributed by atoms with Crippen LogP contribution in [0.4, 0.5) is 19.6 Å². The van der Waals surface area contributed by atoms with Crippen LogP contribution in [-0.2, 0) is 0 Å².